The number of anilines is 1. The average Bonchev–Trinajstić information content (AvgIpc) is 3.71. The van der Waals surface area contributed by atoms with E-state index in [0.717, 1.165) is 110 Å². The first-order valence-corrected chi connectivity index (χ1v) is 22.6. The molecule has 5 heterocycles. The van der Waals surface area contributed by atoms with Crippen molar-refractivity contribution in [2.24, 2.45) is 5.92 Å². The fraction of sp³-hybridized carbons (Fsp3) is 0.440. The van der Waals surface area contributed by atoms with Crippen LogP contribution in [-0.4, -0.2) is 134 Å². The summed E-state index contributed by atoms with van der Waals surface area (Å²) in [4.78, 5) is 58.8. The van der Waals surface area contributed by atoms with Crippen LogP contribution < -0.4 is 15.0 Å². The number of nitriles is 2. The Hall–Kier alpha value is -6.36. The van der Waals surface area contributed by atoms with Gasteiger partial charge < -0.3 is 28.6 Å². The van der Waals surface area contributed by atoms with Crippen LogP contribution in [0.4, 0.5) is 5.69 Å². The van der Waals surface area contributed by atoms with Crippen LogP contribution in [0, 0.1) is 42.4 Å². The van der Waals surface area contributed by atoms with Crippen LogP contribution in [0.2, 0.25) is 0 Å². The molecule has 4 amide bonds. The molecule has 0 aliphatic carbocycles. The molecule has 3 fully saturated rings. The highest BCUT2D eigenvalue weighted by atomic mass is 16.5. The van der Waals surface area contributed by atoms with E-state index in [-0.39, 0.29) is 18.7 Å². The third-order valence-corrected chi connectivity index (χ3v) is 13.3. The Kier molecular flexibility index (Phi) is 14.4. The molecule has 1 atom stereocenters. The van der Waals surface area contributed by atoms with Crippen molar-refractivity contribution in [3.05, 3.63) is 106 Å². The van der Waals surface area contributed by atoms with Crippen molar-refractivity contribution < 1.29 is 33.4 Å². The molecule has 15 heteroatoms. The van der Waals surface area contributed by atoms with Crippen molar-refractivity contribution in [2.45, 2.75) is 52.1 Å². The average molecular weight is 881 g/mol. The quantitative estimate of drug-likeness (QED) is 0.112. The van der Waals surface area contributed by atoms with Crippen LogP contribution in [0.3, 0.4) is 0 Å². The molecule has 4 aliphatic heterocycles. The molecule has 0 radical (unpaired) electrons. The summed E-state index contributed by atoms with van der Waals surface area (Å²) in [6.07, 6.45) is 2.56. The number of hydrogen-bond acceptors (Lipinski definition) is 12. The van der Waals surface area contributed by atoms with Crippen LogP contribution in [0.5, 0.6) is 5.75 Å². The maximum Gasteiger partial charge on any atom is 0.262 e. The molecule has 3 aromatic carbocycles. The van der Waals surface area contributed by atoms with Crippen molar-refractivity contribution in [1.29, 1.82) is 10.5 Å². The summed E-state index contributed by atoms with van der Waals surface area (Å²) >= 11 is 0. The Balaban J connectivity index is 0.668. The van der Waals surface area contributed by atoms with E-state index in [1.165, 1.54) is 0 Å². The zero-order valence-corrected chi connectivity index (χ0v) is 37.2. The largest absolute Gasteiger partial charge is 0.491 e. The van der Waals surface area contributed by atoms with Gasteiger partial charge in [0, 0.05) is 74.9 Å². The number of likely N-dealkylation sites (tertiary alicyclic amines) is 1. The van der Waals surface area contributed by atoms with Crippen LogP contribution in [-0.2, 0) is 25.6 Å². The van der Waals surface area contributed by atoms with Crippen LogP contribution in [0.15, 0.2) is 66.7 Å². The first-order chi connectivity index (χ1) is 31.6. The summed E-state index contributed by atoms with van der Waals surface area (Å²) < 4.78 is 19.7. The number of fused-ring (bicyclic) bond motifs is 1. The molecule has 0 spiro atoms. The summed E-state index contributed by atoms with van der Waals surface area (Å²) in [5.41, 5.74) is 7.60. The maximum atomic E-state index is 13.3. The predicted octanol–water partition coefficient (Wildman–Crippen LogP) is 4.91. The molecule has 1 unspecified atom stereocenters. The van der Waals surface area contributed by atoms with E-state index < -0.39 is 23.8 Å². The SMILES string of the molecule is Cc1c(C#N)c(-c2ccc(C#N)cc2)c(C)n1Cc1ccc(OCCOCCOCCN2CCC(CN3CCN(c4ccc5c(c4)C(=O)N(C4CCC(=O)NC4=O)C5=O)CC3)CC2)cc1. The molecule has 338 valence electrons. The first-order valence-electron chi connectivity index (χ1n) is 22.6. The minimum Gasteiger partial charge on any atom is -0.491 e. The number of amides is 4. The lowest BCUT2D eigenvalue weighted by Gasteiger charge is -2.39. The number of carbonyl (C=O) groups excluding carboxylic acids is 4. The number of imide groups is 2. The van der Waals surface area contributed by atoms with Gasteiger partial charge in [0.05, 0.1) is 54.8 Å². The van der Waals surface area contributed by atoms with Crippen molar-refractivity contribution in [1.82, 2.24) is 24.6 Å². The van der Waals surface area contributed by atoms with E-state index in [9.17, 15) is 29.7 Å². The van der Waals surface area contributed by atoms with Crippen LogP contribution in [0.25, 0.3) is 11.1 Å². The standard InChI is InChI=1S/C50H56N8O7/c1-34-44(31-52)47(39-7-3-36(30-51)4-8-39)35(2)57(34)33-37-5-10-41(11-6-37)65-28-27-64-26-25-63-24-23-54-17-15-38(16-18-54)32-55-19-21-56(22-20-55)40-9-12-42-43(29-40)50(62)58(49(42)61)45-13-14-46(59)53-48(45)60/h3-12,29,38,45H,13-28,32-33H2,1-2H3,(H,53,59,60). The second kappa shape index (κ2) is 20.6. The number of hydrogen-bond donors (Lipinski definition) is 1. The zero-order valence-electron chi connectivity index (χ0n) is 37.2. The van der Waals surface area contributed by atoms with Gasteiger partial charge in [0.2, 0.25) is 11.8 Å². The van der Waals surface area contributed by atoms with Gasteiger partial charge in [-0.15, -0.1) is 0 Å². The molecular formula is C50H56N8O7. The number of ether oxygens (including phenoxy) is 3. The molecule has 65 heavy (non-hydrogen) atoms. The van der Waals surface area contributed by atoms with E-state index in [0.29, 0.717) is 67.8 Å². The van der Waals surface area contributed by atoms with Crippen molar-refractivity contribution in [3.63, 3.8) is 0 Å². The first kappa shape index (κ1) is 45.2. The summed E-state index contributed by atoms with van der Waals surface area (Å²) in [6, 6.07) is 24.3. The van der Waals surface area contributed by atoms with Crippen LogP contribution in [0.1, 0.15) is 74.5 Å². The Morgan fingerprint density at radius 3 is 2.09 bits per heavy atom. The topological polar surface area (TPSA) is 173 Å². The summed E-state index contributed by atoms with van der Waals surface area (Å²) in [7, 11) is 0. The smallest absolute Gasteiger partial charge is 0.262 e. The van der Waals surface area contributed by atoms with Gasteiger partial charge in [0.15, 0.2) is 0 Å². The molecule has 0 bridgehead atoms. The van der Waals surface area contributed by atoms with Gasteiger partial charge in [-0.25, -0.2) is 0 Å². The summed E-state index contributed by atoms with van der Waals surface area (Å²) in [6.45, 7) is 14.9. The van der Waals surface area contributed by atoms with E-state index in [1.54, 1.807) is 24.3 Å². The summed E-state index contributed by atoms with van der Waals surface area (Å²) in [5.74, 6) is -0.522. The highest BCUT2D eigenvalue weighted by molar-refractivity contribution is 6.23. The summed E-state index contributed by atoms with van der Waals surface area (Å²) in [5, 5.41) is 21.4. The number of nitrogens with zero attached hydrogens (tertiary/aromatic N) is 7. The lowest BCUT2D eigenvalue weighted by molar-refractivity contribution is -0.136. The lowest BCUT2D eigenvalue weighted by Crippen LogP contribution is -2.54. The van der Waals surface area contributed by atoms with Crippen molar-refractivity contribution >= 4 is 29.3 Å². The lowest BCUT2D eigenvalue weighted by atomic mass is 9.96. The minimum absolute atomic E-state index is 0.0974. The number of aromatic nitrogens is 1. The van der Waals surface area contributed by atoms with Gasteiger partial charge in [-0.1, -0.05) is 24.3 Å². The number of rotatable bonds is 17. The number of benzene rings is 3. The second-order valence-electron chi connectivity index (χ2n) is 17.3. The van der Waals surface area contributed by atoms with Crippen LogP contribution >= 0.6 is 0 Å². The fourth-order valence-electron chi connectivity index (χ4n) is 9.53. The zero-order chi connectivity index (χ0) is 45.5. The molecule has 0 saturated carbocycles. The molecular weight excluding hydrogens is 825 g/mol. The highest BCUT2D eigenvalue weighted by Gasteiger charge is 2.45. The fourth-order valence-corrected chi connectivity index (χ4v) is 9.53. The Morgan fingerprint density at radius 1 is 0.708 bits per heavy atom. The Labute approximate surface area is 380 Å². The predicted molar refractivity (Wildman–Crippen MR) is 242 cm³/mol. The molecule has 3 saturated heterocycles. The normalized spacial score (nSPS) is 18.4. The van der Waals surface area contributed by atoms with Gasteiger partial charge in [0.1, 0.15) is 24.5 Å². The molecule has 8 rings (SSSR count). The molecule has 15 nitrogen and oxygen atoms in total. The van der Waals surface area contributed by atoms with Gasteiger partial charge in [-0.2, -0.15) is 10.5 Å². The number of carbonyl (C=O) groups is 4. The highest BCUT2D eigenvalue weighted by Crippen LogP contribution is 2.34. The van der Waals surface area contributed by atoms with E-state index in [2.05, 4.69) is 36.7 Å². The number of nitrogens with one attached hydrogen (secondary N) is 1. The van der Waals surface area contributed by atoms with Gasteiger partial charge in [-0.3, -0.25) is 34.3 Å². The monoisotopic (exact) mass is 880 g/mol. The Bertz CT molecular complexity index is 2470. The minimum atomic E-state index is -0.965. The molecule has 1 aromatic heterocycles. The second-order valence-corrected chi connectivity index (χ2v) is 17.3. The number of piperidine rings is 2. The van der Waals surface area contributed by atoms with Crippen molar-refractivity contribution in [2.75, 3.05) is 90.3 Å². The number of piperazine rings is 1. The van der Waals surface area contributed by atoms with Gasteiger partial charge >= 0.3 is 0 Å². The third-order valence-electron chi connectivity index (χ3n) is 13.3. The van der Waals surface area contributed by atoms with E-state index in [1.807, 2.05) is 56.3 Å². The van der Waals surface area contributed by atoms with E-state index in [4.69, 9.17) is 14.2 Å². The molecule has 4 aromatic rings. The molecule has 1 N–H and O–H groups in total. The van der Waals surface area contributed by atoms with E-state index >= 15 is 0 Å². The van der Waals surface area contributed by atoms with Crippen molar-refractivity contribution in [3.8, 4) is 29.0 Å². The van der Waals surface area contributed by atoms with Gasteiger partial charge in [0.25, 0.3) is 11.8 Å². The van der Waals surface area contributed by atoms with Gasteiger partial charge in [-0.05, 0) is 106 Å². The Morgan fingerprint density at radius 2 is 1.40 bits per heavy atom. The third kappa shape index (κ3) is 10.3. The molecule has 4 aliphatic rings. The maximum absolute atomic E-state index is 13.3.